The first-order valence-electron chi connectivity index (χ1n) is 4.74. The smallest absolute Gasteiger partial charge is 0.291 e. The zero-order valence-electron chi connectivity index (χ0n) is 9.48. The molecule has 0 aliphatic heterocycles. The Labute approximate surface area is 113 Å². The summed E-state index contributed by atoms with van der Waals surface area (Å²) in [5.41, 5.74) is 0. The van der Waals surface area contributed by atoms with Crippen molar-refractivity contribution < 1.29 is 18.3 Å². The van der Waals surface area contributed by atoms with Gasteiger partial charge in [0.05, 0.1) is 13.2 Å². The Bertz CT molecular complexity index is 367. The van der Waals surface area contributed by atoms with E-state index < -0.39 is 11.4 Å². The molecule has 0 saturated carbocycles. The molecule has 1 amide bonds. The molecule has 0 aliphatic carbocycles. The van der Waals surface area contributed by atoms with Gasteiger partial charge in [0.25, 0.3) is 6.43 Å². The van der Waals surface area contributed by atoms with Gasteiger partial charge in [-0.1, -0.05) is 11.3 Å². The molecule has 2 N–H and O–H groups in total. The van der Waals surface area contributed by atoms with Crippen molar-refractivity contribution in [3.63, 3.8) is 0 Å². The second-order valence-electron chi connectivity index (χ2n) is 2.96. The van der Waals surface area contributed by atoms with E-state index in [4.69, 9.17) is 4.74 Å². The number of alkyl halides is 2. The van der Waals surface area contributed by atoms with Gasteiger partial charge in [0.15, 0.2) is 5.01 Å². The van der Waals surface area contributed by atoms with Crippen LogP contribution in [0.3, 0.4) is 0 Å². The van der Waals surface area contributed by atoms with Gasteiger partial charge in [-0.05, 0) is 0 Å². The van der Waals surface area contributed by atoms with Crippen molar-refractivity contribution in [1.82, 2.24) is 15.5 Å². The molecule has 0 aromatic carbocycles. The minimum Gasteiger partial charge on any atom is -0.383 e. The maximum absolute atomic E-state index is 12.2. The largest absolute Gasteiger partial charge is 0.383 e. The van der Waals surface area contributed by atoms with E-state index in [-0.39, 0.29) is 30.0 Å². The predicted octanol–water partition coefficient (Wildman–Crippen LogP) is 1.07. The molecule has 6 nitrogen and oxygen atoms in total. The molecule has 0 fully saturated rings. The van der Waals surface area contributed by atoms with Gasteiger partial charge in [0.1, 0.15) is 0 Å². The number of carbonyl (C=O) groups is 1. The fourth-order valence-electron chi connectivity index (χ4n) is 0.913. The highest BCUT2D eigenvalue weighted by Crippen LogP contribution is 2.24. The Morgan fingerprint density at radius 3 is 2.78 bits per heavy atom. The molecule has 0 spiro atoms. The van der Waals surface area contributed by atoms with Crippen LogP contribution in [0.4, 0.5) is 13.9 Å². The summed E-state index contributed by atoms with van der Waals surface area (Å²) in [5, 5.41) is 11.5. The van der Waals surface area contributed by atoms with E-state index in [1.807, 2.05) is 0 Å². The van der Waals surface area contributed by atoms with Gasteiger partial charge in [0, 0.05) is 13.7 Å². The number of amides is 1. The molecule has 104 valence electrons. The molecule has 18 heavy (non-hydrogen) atoms. The molecule has 0 unspecified atom stereocenters. The summed E-state index contributed by atoms with van der Waals surface area (Å²) in [6.07, 6.45) is -2.67. The number of ether oxygens (including phenoxy) is 1. The lowest BCUT2D eigenvalue weighted by Gasteiger charge is -2.02. The number of rotatable bonds is 7. The van der Waals surface area contributed by atoms with Crippen molar-refractivity contribution in [2.75, 3.05) is 32.1 Å². The van der Waals surface area contributed by atoms with E-state index in [0.717, 1.165) is 0 Å². The fourth-order valence-corrected chi connectivity index (χ4v) is 1.53. The zero-order valence-corrected chi connectivity index (χ0v) is 11.1. The molecule has 0 bridgehead atoms. The molecule has 0 aliphatic rings. The topological polar surface area (TPSA) is 76.1 Å². The van der Waals surface area contributed by atoms with Crippen LogP contribution in [-0.2, 0) is 9.53 Å². The van der Waals surface area contributed by atoms with Crippen LogP contribution in [0.1, 0.15) is 11.4 Å². The SMILES string of the molecule is COCCNCC(=O)Nc1nnc(C(F)F)s1.Cl. The molecule has 0 atom stereocenters. The van der Waals surface area contributed by atoms with Crippen molar-refractivity contribution in [3.05, 3.63) is 5.01 Å². The lowest BCUT2D eigenvalue weighted by atomic mass is 10.5. The maximum atomic E-state index is 12.2. The molecule has 1 aromatic heterocycles. The van der Waals surface area contributed by atoms with Gasteiger partial charge in [-0.3, -0.25) is 10.1 Å². The number of hydrogen-bond donors (Lipinski definition) is 2. The predicted molar refractivity (Wildman–Crippen MR) is 65.5 cm³/mol. The van der Waals surface area contributed by atoms with Crippen molar-refractivity contribution >= 4 is 34.8 Å². The van der Waals surface area contributed by atoms with Crippen LogP contribution in [0.5, 0.6) is 0 Å². The third kappa shape index (κ3) is 6.15. The summed E-state index contributed by atoms with van der Waals surface area (Å²) in [6, 6.07) is 0. The first-order chi connectivity index (χ1) is 8.13. The Balaban J connectivity index is 0.00000289. The third-order valence-corrected chi connectivity index (χ3v) is 2.49. The molecule has 1 heterocycles. The second-order valence-corrected chi connectivity index (χ2v) is 3.97. The Morgan fingerprint density at radius 1 is 1.50 bits per heavy atom. The van der Waals surface area contributed by atoms with E-state index in [1.54, 1.807) is 7.11 Å². The Morgan fingerprint density at radius 2 is 2.22 bits per heavy atom. The lowest BCUT2D eigenvalue weighted by Crippen LogP contribution is -2.30. The van der Waals surface area contributed by atoms with Gasteiger partial charge in [-0.25, -0.2) is 8.78 Å². The van der Waals surface area contributed by atoms with E-state index >= 15 is 0 Å². The molecule has 1 aromatic rings. The van der Waals surface area contributed by atoms with Crippen LogP contribution in [0.25, 0.3) is 0 Å². The third-order valence-electron chi connectivity index (χ3n) is 1.64. The van der Waals surface area contributed by atoms with Crippen LogP contribution < -0.4 is 10.6 Å². The standard InChI is InChI=1S/C8H12F2N4O2S.ClH/c1-16-3-2-11-4-5(15)12-8-14-13-7(17-8)6(9)10;/h6,11H,2-4H2,1H3,(H,12,14,15);1H. The monoisotopic (exact) mass is 302 g/mol. The van der Waals surface area contributed by atoms with Crippen LogP contribution in [0.15, 0.2) is 0 Å². The molecule has 10 heteroatoms. The highest BCUT2D eigenvalue weighted by molar-refractivity contribution is 7.15. The van der Waals surface area contributed by atoms with Gasteiger partial charge in [-0.2, -0.15) is 0 Å². The van der Waals surface area contributed by atoms with Crippen LogP contribution in [0, 0.1) is 0 Å². The molecule has 1 rings (SSSR count). The van der Waals surface area contributed by atoms with Crippen molar-refractivity contribution in [1.29, 1.82) is 0 Å². The number of carbonyl (C=O) groups excluding carboxylic acids is 1. The van der Waals surface area contributed by atoms with E-state index in [1.165, 1.54) is 0 Å². The van der Waals surface area contributed by atoms with Crippen LogP contribution >= 0.6 is 23.7 Å². The highest BCUT2D eigenvalue weighted by Gasteiger charge is 2.14. The zero-order chi connectivity index (χ0) is 12.7. The summed E-state index contributed by atoms with van der Waals surface area (Å²) in [7, 11) is 1.55. The number of aromatic nitrogens is 2. The van der Waals surface area contributed by atoms with Crippen molar-refractivity contribution in [2.24, 2.45) is 0 Å². The number of anilines is 1. The number of halogens is 3. The van der Waals surface area contributed by atoms with E-state index in [0.29, 0.717) is 24.5 Å². The number of nitrogens with one attached hydrogen (secondary N) is 2. The van der Waals surface area contributed by atoms with Crippen molar-refractivity contribution in [2.45, 2.75) is 6.43 Å². The fraction of sp³-hybridized carbons (Fsp3) is 0.625. The average Bonchev–Trinajstić information content (AvgIpc) is 2.73. The Hall–Kier alpha value is -0.900. The molecule has 0 radical (unpaired) electrons. The molecule has 0 saturated heterocycles. The normalized spacial score (nSPS) is 10.2. The average molecular weight is 303 g/mol. The molecular weight excluding hydrogens is 290 g/mol. The number of methoxy groups -OCH3 is 1. The summed E-state index contributed by atoms with van der Waals surface area (Å²) in [5.74, 6) is -0.363. The first kappa shape index (κ1) is 17.1. The second kappa shape index (κ2) is 9.09. The van der Waals surface area contributed by atoms with Gasteiger partial charge < -0.3 is 10.1 Å². The number of nitrogens with zero attached hydrogens (tertiary/aromatic N) is 2. The van der Waals surface area contributed by atoms with Gasteiger partial charge >= 0.3 is 0 Å². The minimum absolute atomic E-state index is 0. The quantitative estimate of drug-likeness (QED) is 0.737. The highest BCUT2D eigenvalue weighted by atomic mass is 35.5. The van der Waals surface area contributed by atoms with Gasteiger partial charge in [0.2, 0.25) is 11.0 Å². The summed E-state index contributed by atoms with van der Waals surface area (Å²) >= 11 is 0.656. The van der Waals surface area contributed by atoms with Crippen LogP contribution in [0.2, 0.25) is 0 Å². The summed E-state index contributed by atoms with van der Waals surface area (Å²) in [6.45, 7) is 1.08. The maximum Gasteiger partial charge on any atom is 0.291 e. The molecular formula is C8H13ClF2N4O2S. The van der Waals surface area contributed by atoms with Crippen LogP contribution in [-0.4, -0.2) is 42.9 Å². The lowest BCUT2D eigenvalue weighted by molar-refractivity contribution is -0.115. The number of hydrogen-bond acceptors (Lipinski definition) is 6. The van der Waals surface area contributed by atoms with E-state index in [9.17, 15) is 13.6 Å². The Kier molecular flexibility index (Phi) is 8.63. The summed E-state index contributed by atoms with van der Waals surface area (Å²) in [4.78, 5) is 11.3. The van der Waals surface area contributed by atoms with E-state index in [2.05, 4.69) is 20.8 Å². The minimum atomic E-state index is -2.67. The van der Waals surface area contributed by atoms with Gasteiger partial charge in [-0.15, -0.1) is 22.6 Å². The summed E-state index contributed by atoms with van der Waals surface area (Å²) < 4.78 is 29.1. The van der Waals surface area contributed by atoms with Crippen molar-refractivity contribution in [3.8, 4) is 0 Å². The first-order valence-corrected chi connectivity index (χ1v) is 5.56.